The van der Waals surface area contributed by atoms with Gasteiger partial charge in [-0.1, -0.05) is 48.2 Å². The summed E-state index contributed by atoms with van der Waals surface area (Å²) in [6.45, 7) is 0. The van der Waals surface area contributed by atoms with Crippen LogP contribution in [0.2, 0.25) is 0 Å². The van der Waals surface area contributed by atoms with Gasteiger partial charge in [-0.05, 0) is 35.0 Å². The van der Waals surface area contributed by atoms with Crippen LogP contribution in [0.3, 0.4) is 0 Å². The quantitative estimate of drug-likeness (QED) is 0.287. The molecular weight excluding hydrogens is 344 g/mol. The minimum Gasteiger partial charge on any atom is -0.455 e. The van der Waals surface area contributed by atoms with Crippen LogP contribution in [0.4, 0.5) is 0 Å². The molecule has 4 aromatic carbocycles. The molecular formula is C26H12O2. The van der Waals surface area contributed by atoms with Gasteiger partial charge in [-0.25, -0.2) is 0 Å². The van der Waals surface area contributed by atoms with E-state index in [0.717, 1.165) is 54.6 Å². The van der Waals surface area contributed by atoms with Crippen LogP contribution in [0.25, 0.3) is 54.6 Å². The van der Waals surface area contributed by atoms with Crippen molar-refractivity contribution in [2.24, 2.45) is 0 Å². The first-order valence-corrected chi connectivity index (χ1v) is 8.95. The summed E-state index contributed by atoms with van der Waals surface area (Å²) in [6, 6.07) is 19.9. The maximum Gasteiger partial charge on any atom is 0.151 e. The Kier molecular flexibility index (Phi) is 2.78. The zero-order valence-electron chi connectivity index (χ0n) is 14.7. The highest BCUT2D eigenvalue weighted by Crippen LogP contribution is 2.43. The van der Waals surface area contributed by atoms with E-state index in [1.54, 1.807) is 0 Å². The second-order valence-electron chi connectivity index (χ2n) is 6.84. The molecule has 0 aliphatic heterocycles. The Labute approximate surface area is 160 Å². The van der Waals surface area contributed by atoms with E-state index in [-0.39, 0.29) is 0 Å². The molecule has 2 heteroatoms. The first-order chi connectivity index (χ1) is 13.8. The van der Waals surface area contributed by atoms with Crippen LogP contribution in [0.15, 0.2) is 69.5 Å². The Morgan fingerprint density at radius 1 is 0.571 bits per heavy atom. The summed E-state index contributed by atoms with van der Waals surface area (Å²) in [4.78, 5) is 0. The maximum atomic E-state index is 6.12. The van der Waals surface area contributed by atoms with Gasteiger partial charge in [-0.15, -0.1) is 12.8 Å². The lowest BCUT2D eigenvalue weighted by molar-refractivity contribution is 0.667. The van der Waals surface area contributed by atoms with Gasteiger partial charge in [-0.2, -0.15) is 0 Å². The molecule has 0 atom stereocenters. The molecule has 0 saturated carbocycles. The van der Waals surface area contributed by atoms with Crippen molar-refractivity contribution in [2.45, 2.75) is 0 Å². The van der Waals surface area contributed by atoms with Gasteiger partial charge in [0, 0.05) is 21.5 Å². The van der Waals surface area contributed by atoms with Gasteiger partial charge in [0.05, 0.1) is 11.1 Å². The van der Waals surface area contributed by atoms with Crippen molar-refractivity contribution in [3.63, 3.8) is 0 Å². The van der Waals surface area contributed by atoms with E-state index >= 15 is 0 Å². The van der Waals surface area contributed by atoms with Gasteiger partial charge in [0.15, 0.2) is 11.2 Å². The van der Waals surface area contributed by atoms with Crippen LogP contribution in [0.1, 0.15) is 11.1 Å². The monoisotopic (exact) mass is 356 g/mol. The number of rotatable bonds is 0. The fourth-order valence-corrected chi connectivity index (χ4v) is 4.21. The fourth-order valence-electron chi connectivity index (χ4n) is 4.21. The third-order valence-corrected chi connectivity index (χ3v) is 5.40. The number of hydrogen-bond donors (Lipinski definition) is 0. The highest BCUT2D eigenvalue weighted by atomic mass is 16.3. The zero-order valence-corrected chi connectivity index (χ0v) is 14.7. The lowest BCUT2D eigenvalue weighted by Crippen LogP contribution is -1.85. The SMILES string of the molecule is C#Cc1cc2c(cc(C#C)c3oc4ccccc4c32)c2c1oc1ccccc12. The summed E-state index contributed by atoms with van der Waals surface area (Å²) in [7, 11) is 0. The van der Waals surface area contributed by atoms with Crippen LogP contribution in [0.5, 0.6) is 0 Å². The number of furan rings is 2. The Morgan fingerprint density at radius 2 is 1.00 bits per heavy atom. The van der Waals surface area contributed by atoms with Crippen LogP contribution < -0.4 is 0 Å². The van der Waals surface area contributed by atoms with Crippen molar-refractivity contribution < 1.29 is 8.83 Å². The summed E-state index contributed by atoms with van der Waals surface area (Å²) in [6.07, 6.45) is 11.7. The predicted molar refractivity (Wildman–Crippen MR) is 114 cm³/mol. The van der Waals surface area contributed by atoms with Crippen molar-refractivity contribution in [3.8, 4) is 24.7 Å². The molecule has 0 fully saturated rings. The number of para-hydroxylation sites is 2. The molecule has 0 saturated heterocycles. The van der Waals surface area contributed by atoms with Crippen LogP contribution in [-0.2, 0) is 0 Å². The van der Waals surface area contributed by atoms with Gasteiger partial charge in [0.1, 0.15) is 11.2 Å². The van der Waals surface area contributed by atoms with Crippen molar-refractivity contribution in [1.29, 1.82) is 0 Å². The average molecular weight is 356 g/mol. The van der Waals surface area contributed by atoms with E-state index in [4.69, 9.17) is 21.7 Å². The highest BCUT2D eigenvalue weighted by Gasteiger charge is 2.20. The summed E-state index contributed by atoms with van der Waals surface area (Å²) < 4.78 is 12.2. The molecule has 2 aromatic heterocycles. The maximum absolute atomic E-state index is 6.12. The number of hydrogen-bond acceptors (Lipinski definition) is 2. The van der Waals surface area contributed by atoms with Crippen LogP contribution >= 0.6 is 0 Å². The minimum absolute atomic E-state index is 0.714. The number of benzene rings is 4. The van der Waals surface area contributed by atoms with Crippen molar-refractivity contribution >= 4 is 54.6 Å². The van der Waals surface area contributed by atoms with Gasteiger partial charge in [0.2, 0.25) is 0 Å². The molecule has 0 spiro atoms. The van der Waals surface area contributed by atoms with Crippen molar-refractivity contribution in [3.05, 3.63) is 71.8 Å². The third-order valence-electron chi connectivity index (χ3n) is 5.40. The third kappa shape index (κ3) is 1.74. The van der Waals surface area contributed by atoms with Crippen molar-refractivity contribution in [1.82, 2.24) is 0 Å². The Hall–Kier alpha value is -4.14. The second kappa shape index (κ2) is 5.19. The van der Waals surface area contributed by atoms with Gasteiger partial charge < -0.3 is 8.83 Å². The lowest BCUT2D eigenvalue weighted by atomic mass is 9.95. The molecule has 0 bridgehead atoms. The summed E-state index contributed by atoms with van der Waals surface area (Å²) >= 11 is 0. The molecule has 0 radical (unpaired) electrons. The Bertz CT molecular complexity index is 1550. The van der Waals surface area contributed by atoms with Gasteiger partial charge in [0.25, 0.3) is 0 Å². The van der Waals surface area contributed by atoms with E-state index in [9.17, 15) is 0 Å². The molecule has 0 unspecified atom stereocenters. The minimum atomic E-state index is 0.714. The molecule has 128 valence electrons. The molecule has 6 rings (SSSR count). The fraction of sp³-hybridized carbons (Fsp3) is 0. The van der Waals surface area contributed by atoms with Crippen LogP contribution in [-0.4, -0.2) is 0 Å². The molecule has 28 heavy (non-hydrogen) atoms. The molecule has 0 amide bonds. The largest absolute Gasteiger partial charge is 0.455 e. The molecule has 0 aliphatic rings. The zero-order chi connectivity index (χ0) is 18.8. The first-order valence-electron chi connectivity index (χ1n) is 8.95. The van der Waals surface area contributed by atoms with Crippen molar-refractivity contribution in [2.75, 3.05) is 0 Å². The van der Waals surface area contributed by atoms with E-state index in [1.807, 2.05) is 60.7 Å². The standard InChI is InChI=1S/C26H12O2/c1-3-15-13-19-20(23-17-9-5-7-11-21(17)27-25(15)23)14-16(4-2)26-24(19)18-10-6-8-12-22(18)28-26/h1-2,5-14H. The molecule has 6 aromatic rings. The molecule has 0 aliphatic carbocycles. The lowest BCUT2D eigenvalue weighted by Gasteiger charge is -2.06. The van der Waals surface area contributed by atoms with E-state index in [1.165, 1.54) is 0 Å². The molecule has 2 nitrogen and oxygen atoms in total. The Balaban J connectivity index is 2.01. The smallest absolute Gasteiger partial charge is 0.151 e. The molecule has 2 heterocycles. The topological polar surface area (TPSA) is 26.3 Å². The summed E-state index contributed by atoms with van der Waals surface area (Å²) in [5.74, 6) is 5.58. The van der Waals surface area contributed by atoms with Gasteiger partial charge >= 0.3 is 0 Å². The normalized spacial score (nSPS) is 11.5. The predicted octanol–water partition coefficient (Wildman–Crippen LogP) is 6.60. The Morgan fingerprint density at radius 3 is 1.43 bits per heavy atom. The number of fused-ring (bicyclic) bond motifs is 9. The second-order valence-corrected chi connectivity index (χ2v) is 6.84. The van der Waals surface area contributed by atoms with Gasteiger partial charge in [-0.3, -0.25) is 0 Å². The summed E-state index contributed by atoms with van der Waals surface area (Å²) in [5, 5.41) is 6.07. The average Bonchev–Trinajstić information content (AvgIpc) is 3.31. The highest BCUT2D eigenvalue weighted by molar-refractivity contribution is 6.29. The summed E-state index contributed by atoms with van der Waals surface area (Å²) in [5.41, 5.74) is 4.48. The number of terminal acetylenes is 2. The first kappa shape index (κ1) is 15.0. The van der Waals surface area contributed by atoms with Crippen LogP contribution in [0, 0.1) is 24.7 Å². The molecule has 0 N–H and O–H groups in total. The van der Waals surface area contributed by atoms with E-state index < -0.39 is 0 Å². The van der Waals surface area contributed by atoms with E-state index in [0.29, 0.717) is 11.2 Å². The van der Waals surface area contributed by atoms with E-state index in [2.05, 4.69) is 11.8 Å².